The molecule has 20 heavy (non-hydrogen) atoms. The number of nitrogens with zero attached hydrogens (tertiary/aromatic N) is 1. The van der Waals surface area contributed by atoms with E-state index in [0.717, 1.165) is 0 Å². The van der Waals surface area contributed by atoms with Crippen LogP contribution in [0.15, 0.2) is 0 Å². The molecule has 1 fully saturated rings. The third kappa shape index (κ3) is 2.47. The third-order valence-corrected chi connectivity index (χ3v) is 3.30. The number of likely N-dealkylation sites (tertiary alicyclic amines) is 1. The van der Waals surface area contributed by atoms with E-state index in [-0.39, 0.29) is 19.5 Å². The van der Waals surface area contributed by atoms with Crippen molar-refractivity contribution < 1.29 is 31.9 Å². The zero-order valence-corrected chi connectivity index (χ0v) is 10.1. The van der Waals surface area contributed by atoms with E-state index >= 15 is 0 Å². The standard InChI is InChI=1S/C12H10F5NO2/c13-7-6(8(14)10(16)11(17)9(7)15)4-18-2-1-5(3-18)12(19)20/h5H,1-4H2,(H,19,20). The largest absolute Gasteiger partial charge is 0.481 e. The van der Waals surface area contributed by atoms with Gasteiger partial charge in [-0.1, -0.05) is 0 Å². The smallest absolute Gasteiger partial charge is 0.307 e. The first-order valence-corrected chi connectivity index (χ1v) is 5.78. The van der Waals surface area contributed by atoms with Gasteiger partial charge in [-0.05, 0) is 13.0 Å². The predicted octanol–water partition coefficient (Wildman–Crippen LogP) is 2.29. The van der Waals surface area contributed by atoms with E-state index in [0.29, 0.717) is 0 Å². The van der Waals surface area contributed by atoms with Crippen molar-refractivity contribution in [3.8, 4) is 0 Å². The maximum atomic E-state index is 13.4. The Morgan fingerprint density at radius 2 is 1.55 bits per heavy atom. The lowest BCUT2D eigenvalue weighted by Gasteiger charge is -2.17. The van der Waals surface area contributed by atoms with Crippen LogP contribution in [0.2, 0.25) is 0 Å². The van der Waals surface area contributed by atoms with Crippen molar-refractivity contribution >= 4 is 5.97 Å². The van der Waals surface area contributed by atoms with E-state index in [1.54, 1.807) is 0 Å². The quantitative estimate of drug-likeness (QED) is 0.528. The molecule has 0 aromatic heterocycles. The third-order valence-electron chi connectivity index (χ3n) is 3.30. The van der Waals surface area contributed by atoms with Gasteiger partial charge in [0.2, 0.25) is 5.82 Å². The highest BCUT2D eigenvalue weighted by molar-refractivity contribution is 5.70. The van der Waals surface area contributed by atoms with Gasteiger partial charge >= 0.3 is 5.97 Å². The summed E-state index contributed by atoms with van der Waals surface area (Å²) in [5, 5.41) is 8.79. The van der Waals surface area contributed by atoms with Crippen molar-refractivity contribution in [2.75, 3.05) is 13.1 Å². The van der Waals surface area contributed by atoms with Crippen LogP contribution in [0.4, 0.5) is 22.0 Å². The molecule has 1 aromatic carbocycles. The molecule has 1 heterocycles. The minimum atomic E-state index is -2.20. The summed E-state index contributed by atoms with van der Waals surface area (Å²) >= 11 is 0. The van der Waals surface area contributed by atoms with Crippen LogP contribution in [0, 0.1) is 35.0 Å². The topological polar surface area (TPSA) is 40.5 Å². The molecular formula is C12H10F5NO2. The number of carbonyl (C=O) groups is 1. The van der Waals surface area contributed by atoms with Gasteiger partial charge in [-0.15, -0.1) is 0 Å². The number of rotatable bonds is 3. The molecule has 0 aliphatic carbocycles. The Morgan fingerprint density at radius 1 is 1.05 bits per heavy atom. The van der Waals surface area contributed by atoms with E-state index in [4.69, 9.17) is 5.11 Å². The Kier molecular flexibility index (Phi) is 3.94. The minimum absolute atomic E-state index is 0.00876. The van der Waals surface area contributed by atoms with E-state index in [1.165, 1.54) is 4.90 Å². The van der Waals surface area contributed by atoms with E-state index < -0.39 is 53.1 Å². The van der Waals surface area contributed by atoms with E-state index in [2.05, 4.69) is 0 Å². The van der Waals surface area contributed by atoms with Crippen LogP contribution in [0.1, 0.15) is 12.0 Å². The monoisotopic (exact) mass is 295 g/mol. The molecule has 8 heteroatoms. The number of hydrogen-bond acceptors (Lipinski definition) is 2. The lowest BCUT2D eigenvalue weighted by atomic mass is 10.1. The van der Waals surface area contributed by atoms with Crippen LogP contribution >= 0.6 is 0 Å². The van der Waals surface area contributed by atoms with Gasteiger partial charge in [0.1, 0.15) is 0 Å². The van der Waals surface area contributed by atoms with Crippen LogP contribution in [-0.2, 0) is 11.3 Å². The van der Waals surface area contributed by atoms with E-state index in [9.17, 15) is 26.7 Å². The predicted molar refractivity (Wildman–Crippen MR) is 57.3 cm³/mol. The molecule has 1 N–H and O–H groups in total. The summed E-state index contributed by atoms with van der Waals surface area (Å²) in [5.74, 6) is -11.7. The molecule has 0 radical (unpaired) electrons. The fraction of sp³-hybridized carbons (Fsp3) is 0.417. The Labute approximate surface area is 110 Å². The van der Waals surface area contributed by atoms with E-state index in [1.807, 2.05) is 0 Å². The van der Waals surface area contributed by atoms with Gasteiger partial charge in [-0.2, -0.15) is 0 Å². The van der Waals surface area contributed by atoms with Crippen molar-refractivity contribution in [2.24, 2.45) is 5.92 Å². The summed E-state index contributed by atoms with van der Waals surface area (Å²) in [4.78, 5) is 12.1. The van der Waals surface area contributed by atoms with Crippen molar-refractivity contribution in [3.63, 3.8) is 0 Å². The van der Waals surface area contributed by atoms with Crippen LogP contribution in [0.25, 0.3) is 0 Å². The fourth-order valence-electron chi connectivity index (χ4n) is 2.19. The molecule has 110 valence electrons. The summed E-state index contributed by atoms with van der Waals surface area (Å²) in [7, 11) is 0. The molecule has 0 amide bonds. The Balaban J connectivity index is 2.25. The zero-order chi connectivity index (χ0) is 15.0. The molecule has 1 aromatic rings. The molecule has 1 aliphatic heterocycles. The number of aliphatic carboxylic acids is 1. The number of carboxylic acid groups (broad SMARTS) is 1. The van der Waals surface area contributed by atoms with Crippen molar-refractivity contribution in [1.29, 1.82) is 0 Å². The second kappa shape index (κ2) is 5.35. The SMILES string of the molecule is O=C(O)C1CCN(Cc2c(F)c(F)c(F)c(F)c2F)C1. The lowest BCUT2D eigenvalue weighted by molar-refractivity contribution is -0.141. The van der Waals surface area contributed by atoms with Gasteiger partial charge in [0.05, 0.1) is 5.92 Å². The number of benzene rings is 1. The Hall–Kier alpha value is -1.70. The first-order valence-electron chi connectivity index (χ1n) is 5.78. The molecule has 0 bridgehead atoms. The van der Waals surface area contributed by atoms with Gasteiger partial charge in [-0.3, -0.25) is 9.69 Å². The van der Waals surface area contributed by atoms with Crippen LogP contribution < -0.4 is 0 Å². The molecule has 3 nitrogen and oxygen atoms in total. The molecule has 0 saturated carbocycles. The molecule has 0 spiro atoms. The maximum absolute atomic E-state index is 13.4. The Morgan fingerprint density at radius 3 is 2.00 bits per heavy atom. The summed E-state index contributed by atoms with van der Waals surface area (Å²) in [6.45, 7) is -0.291. The first kappa shape index (κ1) is 14.7. The highest BCUT2D eigenvalue weighted by Crippen LogP contribution is 2.26. The van der Waals surface area contributed by atoms with Gasteiger partial charge in [0.25, 0.3) is 0 Å². The van der Waals surface area contributed by atoms with Gasteiger partial charge in [-0.25, -0.2) is 22.0 Å². The van der Waals surface area contributed by atoms with Crippen LogP contribution in [-0.4, -0.2) is 29.1 Å². The molecule has 1 aliphatic rings. The molecule has 1 atom stereocenters. The lowest BCUT2D eigenvalue weighted by Crippen LogP contribution is -2.24. The highest BCUT2D eigenvalue weighted by atomic mass is 19.2. The summed E-state index contributed by atoms with van der Waals surface area (Å²) in [6.07, 6.45) is 0.269. The maximum Gasteiger partial charge on any atom is 0.307 e. The Bertz CT molecular complexity index is 534. The second-order valence-corrected chi connectivity index (χ2v) is 4.61. The minimum Gasteiger partial charge on any atom is -0.481 e. The molecule has 2 rings (SSSR count). The van der Waals surface area contributed by atoms with Gasteiger partial charge in [0.15, 0.2) is 23.3 Å². The van der Waals surface area contributed by atoms with Gasteiger partial charge < -0.3 is 5.11 Å². The zero-order valence-electron chi connectivity index (χ0n) is 10.1. The second-order valence-electron chi connectivity index (χ2n) is 4.61. The summed E-state index contributed by atoms with van der Waals surface area (Å²) in [6, 6.07) is 0. The van der Waals surface area contributed by atoms with Gasteiger partial charge in [0, 0.05) is 18.7 Å². The number of halogens is 5. The number of hydrogen-bond donors (Lipinski definition) is 1. The molecular weight excluding hydrogens is 285 g/mol. The molecule has 1 unspecified atom stereocenters. The van der Waals surface area contributed by atoms with Crippen molar-refractivity contribution in [2.45, 2.75) is 13.0 Å². The normalized spacial score (nSPS) is 19.6. The van der Waals surface area contributed by atoms with Crippen molar-refractivity contribution in [3.05, 3.63) is 34.6 Å². The summed E-state index contributed by atoms with van der Waals surface area (Å²) < 4.78 is 65.8. The number of carboxylic acids is 1. The van der Waals surface area contributed by atoms with Crippen molar-refractivity contribution in [1.82, 2.24) is 4.90 Å². The summed E-state index contributed by atoms with van der Waals surface area (Å²) in [5.41, 5.74) is -0.938. The fourth-order valence-corrected chi connectivity index (χ4v) is 2.19. The molecule has 1 saturated heterocycles. The van der Waals surface area contributed by atoms with Crippen LogP contribution in [0.5, 0.6) is 0 Å². The average molecular weight is 295 g/mol. The first-order chi connectivity index (χ1) is 9.32. The highest BCUT2D eigenvalue weighted by Gasteiger charge is 2.31. The van der Waals surface area contributed by atoms with Crippen LogP contribution in [0.3, 0.4) is 0 Å². The average Bonchev–Trinajstić information content (AvgIpc) is 2.88.